The highest BCUT2D eigenvalue weighted by atomic mass is 32.2. The minimum atomic E-state index is -0.997. The molecule has 21 heavy (non-hydrogen) atoms. The van der Waals surface area contributed by atoms with Crippen molar-refractivity contribution in [3.8, 4) is 0 Å². The average Bonchev–Trinajstić information content (AvgIpc) is 3.17. The van der Waals surface area contributed by atoms with E-state index < -0.39 is 16.3 Å². The normalized spacial score (nSPS) is 26.1. The summed E-state index contributed by atoms with van der Waals surface area (Å²) in [6.07, 6.45) is 2.94. The van der Waals surface area contributed by atoms with E-state index in [1.165, 1.54) is 12.1 Å². The van der Waals surface area contributed by atoms with Crippen molar-refractivity contribution in [2.45, 2.75) is 36.7 Å². The van der Waals surface area contributed by atoms with Gasteiger partial charge in [-0.25, -0.2) is 4.39 Å². The molecule has 3 unspecified atom stereocenters. The molecule has 3 rings (SSSR count). The summed E-state index contributed by atoms with van der Waals surface area (Å²) in [6, 6.07) is 6.30. The van der Waals surface area contributed by atoms with Gasteiger partial charge in [-0.2, -0.15) is 0 Å². The summed E-state index contributed by atoms with van der Waals surface area (Å²) in [7, 11) is -0.997. The Kier molecular flexibility index (Phi) is 3.61. The molecule has 1 aromatic carbocycles. The zero-order valence-electron chi connectivity index (χ0n) is 12.1. The molecule has 1 spiro atoms. The van der Waals surface area contributed by atoms with Crippen molar-refractivity contribution in [3.05, 3.63) is 35.6 Å². The summed E-state index contributed by atoms with van der Waals surface area (Å²) in [5.74, 6) is -0.264. The number of benzene rings is 1. The quantitative estimate of drug-likeness (QED) is 0.918. The maximum atomic E-state index is 13.5. The molecule has 0 aromatic heterocycles. The van der Waals surface area contributed by atoms with Crippen LogP contribution in [0.5, 0.6) is 0 Å². The molecule has 0 radical (unpaired) electrons. The van der Waals surface area contributed by atoms with Crippen molar-refractivity contribution in [1.29, 1.82) is 0 Å². The highest BCUT2D eigenvalue weighted by molar-refractivity contribution is 7.84. The Bertz CT molecular complexity index is 603. The number of nitrogens with one attached hydrogen (secondary N) is 1. The molecule has 1 aromatic rings. The molecule has 0 bridgehead atoms. The predicted molar refractivity (Wildman–Crippen MR) is 79.5 cm³/mol. The fraction of sp³-hybridized carbons (Fsp3) is 0.533. The van der Waals surface area contributed by atoms with Crippen LogP contribution in [0.1, 0.15) is 31.5 Å². The lowest BCUT2D eigenvalue weighted by molar-refractivity contribution is -0.130. The van der Waals surface area contributed by atoms with Gasteiger partial charge in [-0.15, -0.1) is 0 Å². The van der Waals surface area contributed by atoms with Crippen LogP contribution in [0.25, 0.3) is 0 Å². The van der Waals surface area contributed by atoms with Crippen LogP contribution in [0.4, 0.5) is 4.39 Å². The summed E-state index contributed by atoms with van der Waals surface area (Å²) in [5, 5.41) is 3.23. The summed E-state index contributed by atoms with van der Waals surface area (Å²) < 4.78 is 25.1. The van der Waals surface area contributed by atoms with Crippen LogP contribution in [0, 0.1) is 5.82 Å². The Hall–Kier alpha value is -1.27. The molecule has 2 aliphatic rings. The second-order valence-corrected chi connectivity index (χ2v) is 7.75. The first-order valence-electron chi connectivity index (χ1n) is 7.09. The molecule has 1 N–H and O–H groups in total. The van der Waals surface area contributed by atoms with Crippen LogP contribution in [-0.2, 0) is 15.6 Å². The molecular weight excluding hydrogens is 291 g/mol. The Balaban J connectivity index is 1.89. The molecule has 1 aliphatic carbocycles. The van der Waals surface area contributed by atoms with Gasteiger partial charge in [-0.05, 0) is 37.5 Å². The lowest BCUT2D eigenvalue weighted by atomic mass is 10.1. The van der Waals surface area contributed by atoms with Crippen molar-refractivity contribution in [3.63, 3.8) is 0 Å². The number of nitrogens with zero attached hydrogens (tertiary/aromatic N) is 1. The fourth-order valence-electron chi connectivity index (χ4n) is 2.79. The average molecular weight is 310 g/mol. The second kappa shape index (κ2) is 5.18. The molecule has 1 amide bonds. The standard InChI is InChI=1S/C15H19FN2O2S/c1-10(21(2)20)9-18-13(11-4-3-5-12(16)8-11)17-15(6-7-15)14(18)19/h3-5,8,10,13,17H,6-7,9H2,1-2H3. The largest absolute Gasteiger partial charge is 0.320 e. The lowest BCUT2D eigenvalue weighted by Gasteiger charge is -2.26. The number of halogens is 1. The van der Waals surface area contributed by atoms with Crippen LogP contribution >= 0.6 is 0 Å². The monoisotopic (exact) mass is 310 g/mol. The van der Waals surface area contributed by atoms with Crippen LogP contribution in [0.15, 0.2) is 24.3 Å². The van der Waals surface area contributed by atoms with Crippen molar-refractivity contribution >= 4 is 16.7 Å². The van der Waals surface area contributed by atoms with E-state index in [1.807, 2.05) is 13.0 Å². The molecule has 4 nitrogen and oxygen atoms in total. The van der Waals surface area contributed by atoms with Crippen LogP contribution in [0.3, 0.4) is 0 Å². The van der Waals surface area contributed by atoms with Gasteiger partial charge in [0.15, 0.2) is 0 Å². The number of carbonyl (C=O) groups is 1. The van der Waals surface area contributed by atoms with E-state index in [0.29, 0.717) is 6.54 Å². The topological polar surface area (TPSA) is 49.4 Å². The minimum absolute atomic E-state index is 0.0501. The lowest BCUT2D eigenvalue weighted by Crippen LogP contribution is -2.38. The molecule has 2 fully saturated rings. The SMILES string of the molecule is CC(CN1C(=O)C2(CC2)NC1c1cccc(F)c1)S(C)=O. The van der Waals surface area contributed by atoms with E-state index in [4.69, 9.17) is 0 Å². The Morgan fingerprint density at radius 2 is 2.24 bits per heavy atom. The summed E-state index contributed by atoms with van der Waals surface area (Å²) in [5.41, 5.74) is 0.271. The van der Waals surface area contributed by atoms with Gasteiger partial charge >= 0.3 is 0 Å². The van der Waals surface area contributed by atoms with Crippen molar-refractivity contribution < 1.29 is 13.4 Å². The zero-order valence-corrected chi connectivity index (χ0v) is 13.0. The maximum Gasteiger partial charge on any atom is 0.244 e. The molecule has 114 valence electrons. The van der Waals surface area contributed by atoms with Crippen molar-refractivity contribution in [2.24, 2.45) is 0 Å². The fourth-order valence-corrected chi connectivity index (χ4v) is 3.16. The first-order valence-corrected chi connectivity index (χ1v) is 8.71. The Morgan fingerprint density at radius 1 is 1.52 bits per heavy atom. The van der Waals surface area contributed by atoms with Crippen LogP contribution in [0.2, 0.25) is 0 Å². The van der Waals surface area contributed by atoms with E-state index in [1.54, 1.807) is 17.2 Å². The number of rotatable bonds is 4. The van der Waals surface area contributed by atoms with E-state index in [0.717, 1.165) is 18.4 Å². The number of carbonyl (C=O) groups excluding carboxylic acids is 1. The van der Waals surface area contributed by atoms with Gasteiger partial charge in [-0.1, -0.05) is 12.1 Å². The molecule has 6 heteroatoms. The van der Waals surface area contributed by atoms with E-state index in [-0.39, 0.29) is 23.1 Å². The number of hydrogen-bond acceptors (Lipinski definition) is 3. The van der Waals surface area contributed by atoms with Gasteiger partial charge in [0.25, 0.3) is 0 Å². The summed E-state index contributed by atoms with van der Waals surface area (Å²) in [6.45, 7) is 2.28. The van der Waals surface area contributed by atoms with Gasteiger partial charge in [0.2, 0.25) is 5.91 Å². The number of amides is 1. The molecule has 1 aliphatic heterocycles. The van der Waals surface area contributed by atoms with Crippen molar-refractivity contribution in [1.82, 2.24) is 10.2 Å². The predicted octanol–water partition coefficient (Wildman–Crippen LogP) is 1.56. The zero-order chi connectivity index (χ0) is 15.2. The van der Waals surface area contributed by atoms with Gasteiger partial charge < -0.3 is 4.90 Å². The first kappa shape index (κ1) is 14.7. The molecule has 1 heterocycles. The maximum absolute atomic E-state index is 13.5. The third-order valence-electron chi connectivity index (χ3n) is 4.33. The minimum Gasteiger partial charge on any atom is -0.320 e. The van der Waals surface area contributed by atoms with Crippen LogP contribution in [-0.4, -0.2) is 38.6 Å². The molecule has 1 saturated carbocycles. The first-order chi connectivity index (χ1) is 9.93. The Labute approximate surface area is 126 Å². The van der Waals surface area contributed by atoms with Gasteiger partial charge in [-0.3, -0.25) is 14.3 Å². The van der Waals surface area contributed by atoms with E-state index in [9.17, 15) is 13.4 Å². The smallest absolute Gasteiger partial charge is 0.244 e. The van der Waals surface area contributed by atoms with Crippen molar-refractivity contribution in [2.75, 3.05) is 12.8 Å². The molecular formula is C15H19FN2O2S. The summed E-state index contributed by atoms with van der Waals surface area (Å²) >= 11 is 0. The van der Waals surface area contributed by atoms with E-state index in [2.05, 4.69) is 5.32 Å². The number of hydrogen-bond donors (Lipinski definition) is 1. The van der Waals surface area contributed by atoms with Gasteiger partial charge in [0.1, 0.15) is 17.5 Å². The highest BCUT2D eigenvalue weighted by Crippen LogP contribution is 2.46. The third kappa shape index (κ3) is 2.62. The van der Waals surface area contributed by atoms with Gasteiger partial charge in [0.05, 0.1) is 0 Å². The van der Waals surface area contributed by atoms with E-state index >= 15 is 0 Å². The van der Waals surface area contributed by atoms with Gasteiger partial charge in [0, 0.05) is 28.9 Å². The second-order valence-electron chi connectivity index (χ2n) is 5.95. The highest BCUT2D eigenvalue weighted by Gasteiger charge is 2.59. The molecule has 1 saturated heterocycles. The van der Waals surface area contributed by atoms with Crippen LogP contribution < -0.4 is 5.32 Å². The summed E-state index contributed by atoms with van der Waals surface area (Å²) in [4.78, 5) is 14.3. The molecule has 3 atom stereocenters. The Morgan fingerprint density at radius 3 is 2.81 bits per heavy atom. The third-order valence-corrected chi connectivity index (χ3v) is 5.61.